The molecule has 36 heavy (non-hydrogen) atoms. The maximum Gasteiger partial charge on any atom is 0.350 e. The van der Waals surface area contributed by atoms with Gasteiger partial charge in [0.1, 0.15) is 4.88 Å². The van der Waals surface area contributed by atoms with Crippen LogP contribution in [-0.4, -0.2) is 48.9 Å². The van der Waals surface area contributed by atoms with Crippen molar-refractivity contribution in [2.75, 3.05) is 25.1 Å². The van der Waals surface area contributed by atoms with E-state index < -0.39 is 0 Å². The Bertz CT molecular complexity index is 981. The second-order valence-electron chi connectivity index (χ2n) is 11.2. The molecule has 2 heterocycles. The summed E-state index contributed by atoms with van der Waals surface area (Å²) in [5.41, 5.74) is 1.99. The van der Waals surface area contributed by atoms with Crippen molar-refractivity contribution in [2.45, 2.75) is 91.0 Å². The minimum Gasteiger partial charge on any atom is -0.465 e. The molecule has 0 radical (unpaired) electrons. The number of likely N-dealkylation sites (tertiary alicyclic amines) is 1. The lowest BCUT2D eigenvalue weighted by Gasteiger charge is -2.41. The van der Waals surface area contributed by atoms with Crippen molar-refractivity contribution >= 4 is 40.4 Å². The number of thiophene rings is 1. The normalized spacial score (nSPS) is 23.4. The van der Waals surface area contributed by atoms with E-state index in [1.54, 1.807) is 0 Å². The number of piperidine rings is 1. The fraction of sp³-hybridized carbons (Fsp3) is 0.690. The zero-order valence-electron chi connectivity index (χ0n) is 22.4. The lowest BCUT2D eigenvalue weighted by Crippen LogP contribution is -2.51. The van der Waals surface area contributed by atoms with Crippen LogP contribution in [0, 0.1) is 17.8 Å². The average Bonchev–Trinajstić information content (AvgIpc) is 3.34. The van der Waals surface area contributed by atoms with Crippen molar-refractivity contribution in [3.63, 3.8) is 0 Å². The second-order valence-corrected chi connectivity index (χ2v) is 12.2. The summed E-state index contributed by atoms with van der Waals surface area (Å²) in [6, 6.07) is 2.04. The first-order valence-corrected chi connectivity index (χ1v) is 14.6. The molecule has 3 aliphatic rings. The van der Waals surface area contributed by atoms with Gasteiger partial charge in [-0.3, -0.25) is 9.59 Å². The third-order valence-electron chi connectivity index (χ3n) is 8.19. The first-order chi connectivity index (χ1) is 17.3. The smallest absolute Gasteiger partial charge is 0.350 e. The predicted octanol–water partition coefficient (Wildman–Crippen LogP) is 6.30. The van der Waals surface area contributed by atoms with E-state index in [1.165, 1.54) is 30.4 Å². The fourth-order valence-electron chi connectivity index (χ4n) is 5.93. The monoisotopic (exact) mass is 514 g/mol. The summed E-state index contributed by atoms with van der Waals surface area (Å²) in [7, 11) is 1.41. The summed E-state index contributed by atoms with van der Waals surface area (Å²) in [5.74, 6) is 0.550. The minimum atomic E-state index is -0.375. The zero-order valence-corrected chi connectivity index (χ0v) is 23.2. The van der Waals surface area contributed by atoms with Crippen LogP contribution in [0.15, 0.2) is 12.1 Å². The molecule has 1 aromatic rings. The SMILES string of the molecule is COC(=O)c1sc(C2=CCCCC2)cc1N(C(=O)C1CCC(C)CC1)C1CCN(C(=O)C(C)C)CC1. The summed E-state index contributed by atoms with van der Waals surface area (Å²) in [4.78, 5) is 45.2. The topological polar surface area (TPSA) is 66.9 Å². The van der Waals surface area contributed by atoms with E-state index in [4.69, 9.17) is 4.74 Å². The van der Waals surface area contributed by atoms with Crippen LogP contribution in [0.25, 0.3) is 5.57 Å². The summed E-state index contributed by atoms with van der Waals surface area (Å²) in [6.07, 6.45) is 12.1. The van der Waals surface area contributed by atoms with E-state index in [1.807, 2.05) is 23.6 Å². The van der Waals surface area contributed by atoms with Gasteiger partial charge in [-0.1, -0.05) is 26.8 Å². The Balaban J connectivity index is 1.68. The number of ether oxygens (including phenoxy) is 1. The van der Waals surface area contributed by atoms with Crippen molar-refractivity contribution < 1.29 is 19.1 Å². The van der Waals surface area contributed by atoms with Gasteiger partial charge >= 0.3 is 5.97 Å². The van der Waals surface area contributed by atoms with Gasteiger partial charge in [-0.2, -0.15) is 0 Å². The maximum atomic E-state index is 14.2. The number of carbonyl (C=O) groups is 3. The van der Waals surface area contributed by atoms with E-state index >= 15 is 0 Å². The molecular formula is C29H42N2O4S. The van der Waals surface area contributed by atoms with Crippen LogP contribution in [-0.2, 0) is 14.3 Å². The Morgan fingerprint density at radius 2 is 1.75 bits per heavy atom. The van der Waals surface area contributed by atoms with Crippen LogP contribution in [0.5, 0.6) is 0 Å². The van der Waals surface area contributed by atoms with E-state index in [0.717, 1.165) is 62.7 Å². The van der Waals surface area contributed by atoms with Gasteiger partial charge in [0.25, 0.3) is 0 Å². The van der Waals surface area contributed by atoms with E-state index in [-0.39, 0.29) is 35.7 Å². The number of carbonyl (C=O) groups excluding carboxylic acids is 3. The van der Waals surface area contributed by atoms with Gasteiger partial charge in [-0.05, 0) is 81.8 Å². The lowest BCUT2D eigenvalue weighted by atomic mass is 9.82. The Morgan fingerprint density at radius 1 is 1.06 bits per heavy atom. The van der Waals surface area contributed by atoms with Crippen molar-refractivity contribution in [3.8, 4) is 0 Å². The standard InChI is InChI=1S/C29H42N2O4S/c1-19(2)27(32)30-16-14-23(15-17-30)31(28(33)22-12-10-20(3)11-13-22)24-18-25(21-8-6-5-7-9-21)36-26(24)29(34)35-4/h8,18-20,22-23H,5-7,9-17H2,1-4H3. The van der Waals surface area contributed by atoms with Gasteiger partial charge in [-0.25, -0.2) is 4.79 Å². The molecule has 0 aromatic carbocycles. The minimum absolute atomic E-state index is 0.0146. The molecule has 2 amide bonds. The number of esters is 1. The lowest BCUT2D eigenvalue weighted by molar-refractivity contribution is -0.135. The number of nitrogens with zero attached hydrogens (tertiary/aromatic N) is 2. The quantitative estimate of drug-likeness (QED) is 0.418. The van der Waals surface area contributed by atoms with Crippen LogP contribution >= 0.6 is 11.3 Å². The molecule has 0 atom stereocenters. The van der Waals surface area contributed by atoms with E-state index in [0.29, 0.717) is 29.6 Å². The third kappa shape index (κ3) is 5.87. The number of methoxy groups -OCH3 is 1. The summed E-state index contributed by atoms with van der Waals surface area (Å²) < 4.78 is 5.19. The van der Waals surface area contributed by atoms with E-state index in [2.05, 4.69) is 19.1 Å². The Kier molecular flexibility index (Phi) is 8.91. The number of amides is 2. The highest BCUT2D eigenvalue weighted by atomic mass is 32.1. The highest BCUT2D eigenvalue weighted by Crippen LogP contribution is 2.41. The Labute approximate surface area is 220 Å². The van der Waals surface area contributed by atoms with Gasteiger partial charge in [0.05, 0.1) is 12.8 Å². The van der Waals surface area contributed by atoms with Gasteiger partial charge in [-0.15, -0.1) is 11.3 Å². The van der Waals surface area contributed by atoms with Crippen LogP contribution in [0.2, 0.25) is 0 Å². The molecule has 2 fully saturated rings. The largest absolute Gasteiger partial charge is 0.465 e. The van der Waals surface area contributed by atoms with Crippen molar-refractivity contribution in [2.24, 2.45) is 17.8 Å². The van der Waals surface area contributed by atoms with Crippen LogP contribution in [0.1, 0.15) is 99.5 Å². The number of hydrogen-bond donors (Lipinski definition) is 0. The van der Waals surface area contributed by atoms with Crippen molar-refractivity contribution in [1.82, 2.24) is 4.90 Å². The molecule has 1 saturated carbocycles. The highest BCUT2D eigenvalue weighted by Gasteiger charge is 2.38. The third-order valence-corrected chi connectivity index (χ3v) is 9.37. The molecule has 198 valence electrons. The van der Waals surface area contributed by atoms with Crippen molar-refractivity contribution in [3.05, 3.63) is 21.9 Å². The zero-order chi connectivity index (χ0) is 25.8. The molecular weight excluding hydrogens is 472 g/mol. The summed E-state index contributed by atoms with van der Waals surface area (Å²) >= 11 is 1.46. The molecule has 0 spiro atoms. The predicted molar refractivity (Wildman–Crippen MR) is 145 cm³/mol. The average molecular weight is 515 g/mol. The van der Waals surface area contributed by atoms with Crippen LogP contribution < -0.4 is 4.90 Å². The first kappa shape index (κ1) is 26.9. The molecule has 4 rings (SSSR count). The highest BCUT2D eigenvalue weighted by molar-refractivity contribution is 7.15. The van der Waals surface area contributed by atoms with Crippen LogP contribution in [0.3, 0.4) is 0 Å². The van der Waals surface area contributed by atoms with Crippen molar-refractivity contribution in [1.29, 1.82) is 0 Å². The molecule has 6 nitrogen and oxygen atoms in total. The van der Waals surface area contributed by atoms with Crippen LogP contribution in [0.4, 0.5) is 5.69 Å². The summed E-state index contributed by atoms with van der Waals surface area (Å²) in [6.45, 7) is 7.41. The maximum absolute atomic E-state index is 14.2. The Hall–Kier alpha value is -2.15. The molecule has 1 aromatic heterocycles. The molecule has 0 N–H and O–H groups in total. The molecule has 1 saturated heterocycles. The molecule has 1 aliphatic heterocycles. The molecule has 0 unspecified atom stereocenters. The number of anilines is 1. The number of rotatable bonds is 6. The molecule has 0 bridgehead atoms. The fourth-order valence-corrected chi connectivity index (χ4v) is 7.06. The van der Waals surface area contributed by atoms with Gasteiger partial charge < -0.3 is 14.5 Å². The number of allylic oxidation sites excluding steroid dienone is 2. The number of hydrogen-bond acceptors (Lipinski definition) is 5. The summed E-state index contributed by atoms with van der Waals surface area (Å²) in [5, 5.41) is 0. The first-order valence-electron chi connectivity index (χ1n) is 13.8. The van der Waals surface area contributed by atoms with Gasteiger partial charge in [0, 0.05) is 35.8 Å². The Morgan fingerprint density at radius 3 is 2.33 bits per heavy atom. The second kappa shape index (κ2) is 11.9. The van der Waals surface area contributed by atoms with Gasteiger partial charge in [0.15, 0.2) is 0 Å². The van der Waals surface area contributed by atoms with E-state index in [9.17, 15) is 14.4 Å². The molecule has 7 heteroatoms. The van der Waals surface area contributed by atoms with Gasteiger partial charge in [0.2, 0.25) is 11.8 Å². The molecule has 2 aliphatic carbocycles.